The summed E-state index contributed by atoms with van der Waals surface area (Å²) in [6, 6.07) is 20.9. The molecule has 0 spiro atoms. The molecular weight excluding hydrogens is 371 g/mol. The molecular formula is C24H15FO4. The quantitative estimate of drug-likeness (QED) is 0.191. The lowest BCUT2D eigenvalue weighted by atomic mass is 10.1. The normalized spacial score (nSPS) is 11.1. The maximum atomic E-state index is 13.0. The van der Waals surface area contributed by atoms with Crippen LogP contribution in [0.2, 0.25) is 0 Å². The van der Waals surface area contributed by atoms with Crippen molar-refractivity contribution < 1.29 is 23.1 Å². The van der Waals surface area contributed by atoms with Gasteiger partial charge in [0.1, 0.15) is 17.1 Å². The molecule has 0 aliphatic carbocycles. The first kappa shape index (κ1) is 18.4. The Bertz CT molecular complexity index is 1190. The Hall–Kier alpha value is -3.99. The highest BCUT2D eigenvalue weighted by molar-refractivity contribution is 6.07. The molecule has 0 aliphatic rings. The Kier molecular flexibility index (Phi) is 5.03. The number of hydrogen-bond acceptors (Lipinski definition) is 4. The van der Waals surface area contributed by atoms with Gasteiger partial charge in [0, 0.05) is 10.9 Å². The van der Waals surface area contributed by atoms with E-state index >= 15 is 0 Å². The molecule has 0 saturated carbocycles. The summed E-state index contributed by atoms with van der Waals surface area (Å²) in [4.78, 5) is 24.7. The first-order valence-electron chi connectivity index (χ1n) is 8.88. The van der Waals surface area contributed by atoms with Crippen molar-refractivity contribution in [2.45, 2.75) is 0 Å². The van der Waals surface area contributed by atoms with Crippen molar-refractivity contribution in [1.29, 1.82) is 0 Å². The van der Waals surface area contributed by atoms with Gasteiger partial charge >= 0.3 is 5.97 Å². The first-order chi connectivity index (χ1) is 14.1. The summed E-state index contributed by atoms with van der Waals surface area (Å²) in [7, 11) is 0. The van der Waals surface area contributed by atoms with Crippen LogP contribution in [-0.4, -0.2) is 11.8 Å². The van der Waals surface area contributed by atoms with Gasteiger partial charge in [0.25, 0.3) is 0 Å². The lowest BCUT2D eigenvalue weighted by Gasteiger charge is -2.07. The van der Waals surface area contributed by atoms with Gasteiger partial charge in [0.15, 0.2) is 5.76 Å². The molecule has 0 N–H and O–H groups in total. The molecule has 0 radical (unpaired) electrons. The first-order valence-corrected chi connectivity index (χ1v) is 8.88. The molecule has 29 heavy (non-hydrogen) atoms. The van der Waals surface area contributed by atoms with Crippen molar-refractivity contribution in [3.05, 3.63) is 108 Å². The molecule has 0 saturated heterocycles. The molecule has 4 nitrogen and oxygen atoms in total. The van der Waals surface area contributed by atoms with E-state index in [2.05, 4.69) is 0 Å². The van der Waals surface area contributed by atoms with Crippen LogP contribution in [0.4, 0.5) is 4.39 Å². The number of rotatable bonds is 5. The van der Waals surface area contributed by atoms with Crippen LogP contribution < -0.4 is 4.74 Å². The van der Waals surface area contributed by atoms with Crippen molar-refractivity contribution in [2.75, 3.05) is 0 Å². The van der Waals surface area contributed by atoms with E-state index in [1.54, 1.807) is 42.5 Å². The number of furan rings is 1. The molecule has 0 amide bonds. The summed E-state index contributed by atoms with van der Waals surface area (Å²) in [5.74, 6) is -0.844. The summed E-state index contributed by atoms with van der Waals surface area (Å²) in [6.45, 7) is 0. The fourth-order valence-electron chi connectivity index (χ4n) is 2.81. The van der Waals surface area contributed by atoms with Gasteiger partial charge in [0.05, 0.1) is 5.56 Å². The number of allylic oxidation sites excluding steroid dienone is 1. The van der Waals surface area contributed by atoms with Crippen LogP contribution in [0, 0.1) is 5.82 Å². The zero-order valence-corrected chi connectivity index (χ0v) is 15.2. The Balaban J connectivity index is 1.53. The molecule has 0 atom stereocenters. The Labute approximate surface area is 165 Å². The van der Waals surface area contributed by atoms with Gasteiger partial charge in [-0.2, -0.15) is 0 Å². The van der Waals surface area contributed by atoms with Crippen molar-refractivity contribution in [3.8, 4) is 5.75 Å². The molecule has 0 unspecified atom stereocenters. The highest BCUT2D eigenvalue weighted by atomic mass is 19.1. The highest BCUT2D eigenvalue weighted by Gasteiger charge is 2.12. The van der Waals surface area contributed by atoms with Gasteiger partial charge in [-0.1, -0.05) is 36.4 Å². The fourth-order valence-corrected chi connectivity index (χ4v) is 2.81. The summed E-state index contributed by atoms with van der Waals surface area (Å²) < 4.78 is 24.0. The maximum Gasteiger partial charge on any atom is 0.343 e. The number of halogens is 1. The molecule has 0 aliphatic heterocycles. The largest absolute Gasteiger partial charge is 0.453 e. The van der Waals surface area contributed by atoms with Crippen molar-refractivity contribution in [3.63, 3.8) is 0 Å². The smallest absolute Gasteiger partial charge is 0.343 e. The number of carbonyl (C=O) groups is 2. The minimum absolute atomic E-state index is 0.225. The zero-order chi connectivity index (χ0) is 20.2. The Morgan fingerprint density at radius 2 is 1.62 bits per heavy atom. The number of hydrogen-bond donors (Lipinski definition) is 0. The molecule has 1 aromatic heterocycles. The molecule has 3 aromatic carbocycles. The third-order valence-corrected chi connectivity index (χ3v) is 4.28. The second kappa shape index (κ2) is 7.94. The molecule has 0 bridgehead atoms. The van der Waals surface area contributed by atoms with Gasteiger partial charge < -0.3 is 9.15 Å². The number of benzene rings is 3. The fraction of sp³-hybridized carbons (Fsp3) is 0. The van der Waals surface area contributed by atoms with Crippen LogP contribution in [0.5, 0.6) is 5.75 Å². The van der Waals surface area contributed by atoms with Gasteiger partial charge in [-0.15, -0.1) is 0 Å². The van der Waals surface area contributed by atoms with Crippen LogP contribution in [-0.2, 0) is 0 Å². The van der Waals surface area contributed by atoms with Gasteiger partial charge in [-0.05, 0) is 54.6 Å². The van der Waals surface area contributed by atoms with Crippen molar-refractivity contribution in [1.82, 2.24) is 0 Å². The summed E-state index contributed by atoms with van der Waals surface area (Å²) in [6.07, 6.45) is 2.92. The zero-order valence-electron chi connectivity index (χ0n) is 15.2. The number of ether oxygens (including phenoxy) is 1. The topological polar surface area (TPSA) is 56.5 Å². The van der Waals surface area contributed by atoms with Gasteiger partial charge in [0.2, 0.25) is 5.78 Å². The molecule has 5 heteroatoms. The van der Waals surface area contributed by atoms with E-state index in [1.165, 1.54) is 30.3 Å². The Morgan fingerprint density at radius 1 is 0.897 bits per heavy atom. The standard InChI is InChI=1S/C24H15FO4/c25-19-12-9-17(10-13-19)24(27)29-21-7-3-1-5-16(21)11-14-20(26)23-15-18-6-2-4-8-22(18)28-23/h1-15H. The third-order valence-electron chi connectivity index (χ3n) is 4.28. The van der Waals surface area contributed by atoms with Crippen LogP contribution >= 0.6 is 0 Å². The number of fused-ring (bicyclic) bond motifs is 1. The van der Waals surface area contributed by atoms with Crippen LogP contribution in [0.1, 0.15) is 26.5 Å². The average molecular weight is 386 g/mol. The summed E-state index contributed by atoms with van der Waals surface area (Å²) >= 11 is 0. The van der Waals surface area contributed by atoms with Crippen molar-refractivity contribution >= 4 is 28.8 Å². The average Bonchev–Trinajstić information content (AvgIpc) is 3.18. The van der Waals surface area contributed by atoms with Crippen LogP contribution in [0.3, 0.4) is 0 Å². The van der Waals surface area contributed by atoms with E-state index in [0.717, 1.165) is 5.39 Å². The van der Waals surface area contributed by atoms with Gasteiger partial charge in [-0.25, -0.2) is 9.18 Å². The number of para-hydroxylation sites is 2. The van der Waals surface area contributed by atoms with E-state index in [0.29, 0.717) is 11.1 Å². The number of ketones is 1. The molecule has 1 heterocycles. The number of carbonyl (C=O) groups excluding carboxylic acids is 2. The van der Waals surface area contributed by atoms with Crippen LogP contribution in [0.15, 0.2) is 89.4 Å². The van der Waals surface area contributed by atoms with Crippen LogP contribution in [0.25, 0.3) is 17.0 Å². The molecule has 0 fully saturated rings. The highest BCUT2D eigenvalue weighted by Crippen LogP contribution is 2.23. The monoisotopic (exact) mass is 386 g/mol. The van der Waals surface area contributed by atoms with Crippen molar-refractivity contribution in [2.24, 2.45) is 0 Å². The summed E-state index contributed by atoms with van der Waals surface area (Å²) in [5, 5.41) is 0.845. The molecule has 4 rings (SSSR count). The minimum atomic E-state index is -0.616. The molecule has 142 valence electrons. The maximum absolute atomic E-state index is 13.0. The number of esters is 1. The van der Waals surface area contributed by atoms with E-state index in [9.17, 15) is 14.0 Å². The van der Waals surface area contributed by atoms with Gasteiger partial charge in [-0.3, -0.25) is 4.79 Å². The second-order valence-corrected chi connectivity index (χ2v) is 6.28. The minimum Gasteiger partial charge on any atom is -0.453 e. The van der Waals surface area contributed by atoms with E-state index < -0.39 is 11.8 Å². The molecule has 4 aromatic rings. The predicted octanol–water partition coefficient (Wildman–Crippen LogP) is 5.69. The van der Waals surface area contributed by atoms with E-state index in [1.807, 2.05) is 18.2 Å². The third kappa shape index (κ3) is 4.14. The second-order valence-electron chi connectivity index (χ2n) is 6.28. The lowest BCUT2D eigenvalue weighted by molar-refractivity contribution is 0.0734. The predicted molar refractivity (Wildman–Crippen MR) is 107 cm³/mol. The van der Waals surface area contributed by atoms with E-state index in [-0.39, 0.29) is 22.9 Å². The lowest BCUT2D eigenvalue weighted by Crippen LogP contribution is -2.09. The SMILES string of the molecule is O=C(Oc1ccccc1C=CC(=O)c1cc2ccccc2o1)c1ccc(F)cc1. The Morgan fingerprint density at radius 3 is 2.41 bits per heavy atom. The van der Waals surface area contributed by atoms with E-state index in [4.69, 9.17) is 9.15 Å². The summed E-state index contributed by atoms with van der Waals surface area (Å²) in [5.41, 5.74) is 1.41.